The SMILES string of the molecule is CC/C=C\C/C=C\C/C=C\C/C=C\CCCCCCCCCCCCC(=O)OC(COC(=O)CCCCCCC/C=C\CCCCCC)COP(=O)(O)OCC. The zero-order valence-corrected chi connectivity index (χ0v) is 36.9. The van der Waals surface area contributed by atoms with Gasteiger partial charge < -0.3 is 14.4 Å². The van der Waals surface area contributed by atoms with Crippen LogP contribution in [-0.2, 0) is 32.7 Å². The predicted octanol–water partition coefficient (Wildman–Crippen LogP) is 14.3. The maximum absolute atomic E-state index is 12.6. The summed E-state index contributed by atoms with van der Waals surface area (Å²) in [5.74, 6) is -0.814. The van der Waals surface area contributed by atoms with E-state index < -0.39 is 26.5 Å². The van der Waals surface area contributed by atoms with Crippen LogP contribution in [0.4, 0.5) is 0 Å². The molecule has 0 amide bonds. The van der Waals surface area contributed by atoms with Gasteiger partial charge in [-0.15, -0.1) is 0 Å². The zero-order chi connectivity index (χ0) is 41.1. The lowest BCUT2D eigenvalue weighted by Crippen LogP contribution is -2.29. The van der Waals surface area contributed by atoms with Gasteiger partial charge in [0.1, 0.15) is 6.61 Å². The summed E-state index contributed by atoms with van der Waals surface area (Å²) in [7, 11) is -4.29. The molecule has 8 nitrogen and oxygen atoms in total. The number of hydrogen-bond donors (Lipinski definition) is 1. The van der Waals surface area contributed by atoms with Crippen molar-refractivity contribution in [2.45, 2.75) is 207 Å². The average molecular weight is 807 g/mol. The third-order valence-corrected chi connectivity index (χ3v) is 10.4. The van der Waals surface area contributed by atoms with Crippen molar-refractivity contribution >= 4 is 19.8 Å². The van der Waals surface area contributed by atoms with Gasteiger partial charge in [-0.2, -0.15) is 0 Å². The molecule has 0 radical (unpaired) electrons. The van der Waals surface area contributed by atoms with Crippen molar-refractivity contribution in [3.63, 3.8) is 0 Å². The summed E-state index contributed by atoms with van der Waals surface area (Å²) in [6, 6.07) is 0. The molecule has 1 N–H and O–H groups in total. The van der Waals surface area contributed by atoms with Crippen molar-refractivity contribution in [2.24, 2.45) is 0 Å². The highest BCUT2D eigenvalue weighted by atomic mass is 31.2. The van der Waals surface area contributed by atoms with Crippen LogP contribution in [0.1, 0.15) is 201 Å². The first-order valence-electron chi connectivity index (χ1n) is 22.6. The van der Waals surface area contributed by atoms with Crippen LogP contribution in [-0.4, -0.2) is 42.8 Å². The van der Waals surface area contributed by atoms with Crippen LogP contribution in [0.3, 0.4) is 0 Å². The molecule has 0 aliphatic carbocycles. The number of allylic oxidation sites excluding steroid dienone is 10. The van der Waals surface area contributed by atoms with Crippen LogP contribution < -0.4 is 0 Å². The summed E-state index contributed by atoms with van der Waals surface area (Å²) >= 11 is 0. The Morgan fingerprint density at radius 3 is 1.39 bits per heavy atom. The van der Waals surface area contributed by atoms with Gasteiger partial charge in [-0.05, 0) is 84.0 Å². The summed E-state index contributed by atoms with van der Waals surface area (Å²) in [6.07, 6.45) is 51.3. The monoisotopic (exact) mass is 807 g/mol. The molecule has 0 rings (SSSR count). The second-order valence-electron chi connectivity index (χ2n) is 14.7. The maximum atomic E-state index is 12.6. The van der Waals surface area contributed by atoms with Crippen molar-refractivity contribution in [3.8, 4) is 0 Å². The van der Waals surface area contributed by atoms with Crippen LogP contribution in [0.5, 0.6) is 0 Å². The van der Waals surface area contributed by atoms with Crippen molar-refractivity contribution in [1.82, 2.24) is 0 Å². The molecule has 0 bridgehead atoms. The van der Waals surface area contributed by atoms with Crippen LogP contribution in [0.15, 0.2) is 60.8 Å². The fourth-order valence-corrected chi connectivity index (χ4v) is 6.78. The second-order valence-corrected chi connectivity index (χ2v) is 16.1. The maximum Gasteiger partial charge on any atom is 0.472 e. The quantitative estimate of drug-likeness (QED) is 0.0282. The third kappa shape index (κ3) is 41.4. The average Bonchev–Trinajstić information content (AvgIpc) is 3.18. The number of carbonyl (C=O) groups is 2. The lowest BCUT2D eigenvalue weighted by Gasteiger charge is -2.19. The molecule has 9 heteroatoms. The first-order valence-corrected chi connectivity index (χ1v) is 24.1. The van der Waals surface area contributed by atoms with E-state index in [2.05, 4.69) is 74.6 Å². The molecule has 0 aliphatic heterocycles. The fourth-order valence-electron chi connectivity index (χ4n) is 6.03. The van der Waals surface area contributed by atoms with E-state index in [1.54, 1.807) is 6.92 Å². The highest BCUT2D eigenvalue weighted by molar-refractivity contribution is 7.47. The van der Waals surface area contributed by atoms with Crippen molar-refractivity contribution < 1.29 is 37.6 Å². The van der Waals surface area contributed by atoms with E-state index in [0.717, 1.165) is 89.9 Å². The molecule has 0 fully saturated rings. The lowest BCUT2D eigenvalue weighted by molar-refractivity contribution is -0.161. The Hall–Kier alpha value is -2.25. The number of hydrogen-bond acceptors (Lipinski definition) is 7. The van der Waals surface area contributed by atoms with E-state index in [9.17, 15) is 19.0 Å². The molecule has 0 aromatic carbocycles. The molecule has 0 spiro atoms. The number of rotatable bonds is 41. The van der Waals surface area contributed by atoms with Gasteiger partial charge in [0.2, 0.25) is 0 Å². The third-order valence-electron chi connectivity index (χ3n) is 9.31. The number of ether oxygens (including phenoxy) is 2. The largest absolute Gasteiger partial charge is 0.472 e. The summed E-state index contributed by atoms with van der Waals surface area (Å²) in [5, 5.41) is 0. The van der Waals surface area contributed by atoms with Gasteiger partial charge in [0.05, 0.1) is 13.2 Å². The molecule has 2 atom stereocenters. The van der Waals surface area contributed by atoms with Gasteiger partial charge in [-0.1, -0.05) is 164 Å². The van der Waals surface area contributed by atoms with Crippen LogP contribution >= 0.6 is 7.82 Å². The van der Waals surface area contributed by atoms with E-state index in [0.29, 0.717) is 6.42 Å². The highest BCUT2D eigenvalue weighted by Crippen LogP contribution is 2.43. The molecule has 0 aromatic rings. The van der Waals surface area contributed by atoms with E-state index in [4.69, 9.17) is 18.5 Å². The smallest absolute Gasteiger partial charge is 0.462 e. The molecule has 0 aliphatic rings. The minimum Gasteiger partial charge on any atom is -0.462 e. The molecule has 0 aromatic heterocycles. The summed E-state index contributed by atoms with van der Waals surface area (Å²) in [4.78, 5) is 34.8. The molecule has 0 saturated heterocycles. The fraction of sp³-hybridized carbons (Fsp3) is 0.745. The van der Waals surface area contributed by atoms with Gasteiger partial charge in [0.15, 0.2) is 6.10 Å². The number of phosphoric ester groups is 1. The van der Waals surface area contributed by atoms with Gasteiger partial charge in [-0.25, -0.2) is 4.57 Å². The Bertz CT molecular complexity index is 1100. The van der Waals surface area contributed by atoms with Gasteiger partial charge in [-0.3, -0.25) is 18.6 Å². The first kappa shape index (κ1) is 53.8. The van der Waals surface area contributed by atoms with Gasteiger partial charge >= 0.3 is 19.8 Å². The standard InChI is InChI=1S/C47H83O8P/c1-4-7-9-11-13-15-17-19-20-21-22-23-24-25-26-27-28-30-32-34-36-38-40-42-47(49)55-45(44-54-56(50,51)53-6-3)43-52-46(48)41-39-37-35-33-31-29-18-16-14-12-10-8-5-2/h7,9,13,15-16,18-20,22-23,45H,4-6,8,10-12,14,17,21,24-44H2,1-3H3,(H,50,51)/b9-7-,15-13-,18-16-,20-19-,23-22-. The molecular weight excluding hydrogens is 723 g/mol. The first-order chi connectivity index (χ1) is 27.3. The second kappa shape index (κ2) is 42.4. The van der Waals surface area contributed by atoms with Gasteiger partial charge in [0, 0.05) is 12.8 Å². The van der Waals surface area contributed by atoms with Crippen molar-refractivity contribution in [3.05, 3.63) is 60.8 Å². The van der Waals surface area contributed by atoms with Crippen LogP contribution in [0.25, 0.3) is 0 Å². The normalized spacial score (nSPS) is 13.9. The Labute approximate surface area is 343 Å². The summed E-state index contributed by atoms with van der Waals surface area (Å²) in [6.45, 7) is 5.33. The number of esters is 2. The Morgan fingerprint density at radius 2 is 0.911 bits per heavy atom. The van der Waals surface area contributed by atoms with Crippen molar-refractivity contribution in [2.75, 3.05) is 19.8 Å². The molecule has 56 heavy (non-hydrogen) atoms. The topological polar surface area (TPSA) is 108 Å². The summed E-state index contributed by atoms with van der Waals surface area (Å²) in [5.41, 5.74) is 0. The number of unbranched alkanes of at least 4 members (excludes halogenated alkanes) is 19. The van der Waals surface area contributed by atoms with E-state index in [1.807, 2.05) is 0 Å². The van der Waals surface area contributed by atoms with E-state index in [-0.39, 0.29) is 32.0 Å². The minimum atomic E-state index is -4.29. The molecule has 0 heterocycles. The number of phosphoric acid groups is 1. The molecule has 324 valence electrons. The van der Waals surface area contributed by atoms with Crippen LogP contribution in [0.2, 0.25) is 0 Å². The Morgan fingerprint density at radius 1 is 0.500 bits per heavy atom. The number of carbonyl (C=O) groups excluding carboxylic acids is 2. The molecular formula is C47H83O8P. The van der Waals surface area contributed by atoms with E-state index >= 15 is 0 Å². The minimum absolute atomic E-state index is 0.00367. The lowest BCUT2D eigenvalue weighted by atomic mass is 10.0. The van der Waals surface area contributed by atoms with Gasteiger partial charge in [0.25, 0.3) is 0 Å². The van der Waals surface area contributed by atoms with Crippen LogP contribution in [0, 0.1) is 0 Å². The predicted molar refractivity (Wildman–Crippen MR) is 235 cm³/mol. The zero-order valence-electron chi connectivity index (χ0n) is 36.0. The molecule has 2 unspecified atom stereocenters. The Kier molecular flexibility index (Phi) is 40.7. The van der Waals surface area contributed by atoms with Crippen molar-refractivity contribution in [1.29, 1.82) is 0 Å². The highest BCUT2D eigenvalue weighted by Gasteiger charge is 2.25. The van der Waals surface area contributed by atoms with E-state index in [1.165, 1.54) is 70.6 Å². The summed E-state index contributed by atoms with van der Waals surface area (Å²) < 4.78 is 32.7. The Balaban J connectivity index is 4.04. The molecule has 0 saturated carbocycles.